The zero-order valence-corrected chi connectivity index (χ0v) is 12.5. The second kappa shape index (κ2) is 5.41. The molecule has 0 saturated carbocycles. The number of thiazole rings is 1. The molecular weight excluding hydrogens is 306 g/mol. The third-order valence-electron chi connectivity index (χ3n) is 4.00. The van der Waals surface area contributed by atoms with E-state index in [4.69, 9.17) is 5.73 Å². The molecule has 1 aliphatic heterocycles. The lowest BCUT2D eigenvalue weighted by molar-refractivity contribution is -0.148. The summed E-state index contributed by atoms with van der Waals surface area (Å²) in [4.78, 5) is 33.0. The van der Waals surface area contributed by atoms with Crippen molar-refractivity contribution in [1.29, 1.82) is 0 Å². The molecule has 2 aromatic rings. The molecule has 0 aromatic carbocycles. The SMILES string of the molecule is NC(=O)c1csc(N2CCC(C(=O)O)(n3ccnc3)CC2)n1. The van der Waals surface area contributed by atoms with Crippen molar-refractivity contribution in [3.63, 3.8) is 0 Å². The number of amides is 1. The van der Waals surface area contributed by atoms with Gasteiger partial charge >= 0.3 is 5.97 Å². The summed E-state index contributed by atoms with van der Waals surface area (Å²) in [6.07, 6.45) is 5.67. The van der Waals surface area contributed by atoms with Gasteiger partial charge in [0.05, 0.1) is 6.33 Å². The summed E-state index contributed by atoms with van der Waals surface area (Å²) in [7, 11) is 0. The Morgan fingerprint density at radius 2 is 2.09 bits per heavy atom. The Balaban J connectivity index is 1.78. The lowest BCUT2D eigenvalue weighted by atomic mass is 9.87. The predicted octanol–water partition coefficient (Wildman–Crippen LogP) is 0.519. The van der Waals surface area contributed by atoms with Gasteiger partial charge in [-0.1, -0.05) is 0 Å². The summed E-state index contributed by atoms with van der Waals surface area (Å²) in [5.74, 6) is -1.42. The number of rotatable bonds is 4. The van der Waals surface area contributed by atoms with Gasteiger partial charge in [-0.3, -0.25) is 4.79 Å². The fourth-order valence-corrected chi connectivity index (χ4v) is 3.55. The predicted molar refractivity (Wildman–Crippen MR) is 79.9 cm³/mol. The highest BCUT2D eigenvalue weighted by Crippen LogP contribution is 2.33. The van der Waals surface area contributed by atoms with Crippen molar-refractivity contribution < 1.29 is 14.7 Å². The number of nitrogens with two attached hydrogens (primary N) is 1. The summed E-state index contributed by atoms with van der Waals surface area (Å²) < 4.78 is 1.66. The average Bonchev–Trinajstić information content (AvgIpc) is 3.19. The van der Waals surface area contributed by atoms with E-state index in [9.17, 15) is 14.7 Å². The van der Waals surface area contributed by atoms with Gasteiger partial charge in [-0.05, 0) is 12.8 Å². The molecule has 2 aromatic heterocycles. The molecule has 0 unspecified atom stereocenters. The van der Waals surface area contributed by atoms with Crippen molar-refractivity contribution in [2.24, 2.45) is 5.73 Å². The Morgan fingerprint density at radius 3 is 2.59 bits per heavy atom. The maximum absolute atomic E-state index is 11.8. The third-order valence-corrected chi connectivity index (χ3v) is 4.90. The number of piperidine rings is 1. The van der Waals surface area contributed by atoms with Crippen LogP contribution in [0.15, 0.2) is 24.1 Å². The molecule has 0 bridgehead atoms. The van der Waals surface area contributed by atoms with E-state index in [1.54, 1.807) is 28.7 Å². The summed E-state index contributed by atoms with van der Waals surface area (Å²) >= 11 is 1.34. The average molecular weight is 321 g/mol. The molecule has 0 atom stereocenters. The molecule has 0 spiro atoms. The van der Waals surface area contributed by atoms with E-state index in [1.165, 1.54) is 11.3 Å². The number of anilines is 1. The Bertz CT molecular complexity index is 688. The summed E-state index contributed by atoms with van der Waals surface area (Å²) in [5.41, 5.74) is 4.47. The van der Waals surface area contributed by atoms with Crippen molar-refractivity contribution in [2.75, 3.05) is 18.0 Å². The van der Waals surface area contributed by atoms with E-state index in [0.29, 0.717) is 31.1 Å². The number of imidazole rings is 1. The molecular formula is C13H15N5O3S. The van der Waals surface area contributed by atoms with E-state index in [1.807, 2.05) is 4.90 Å². The van der Waals surface area contributed by atoms with Crippen LogP contribution in [0.25, 0.3) is 0 Å². The van der Waals surface area contributed by atoms with Crippen molar-refractivity contribution in [1.82, 2.24) is 14.5 Å². The Labute approximate surface area is 130 Å². The highest BCUT2D eigenvalue weighted by molar-refractivity contribution is 7.13. The maximum Gasteiger partial charge on any atom is 0.330 e. The van der Waals surface area contributed by atoms with Crippen molar-refractivity contribution in [2.45, 2.75) is 18.4 Å². The minimum atomic E-state index is -0.975. The summed E-state index contributed by atoms with van der Waals surface area (Å²) in [6, 6.07) is 0. The van der Waals surface area contributed by atoms with Crippen LogP contribution in [0, 0.1) is 0 Å². The first-order valence-corrected chi connectivity index (χ1v) is 7.63. The number of hydrogen-bond acceptors (Lipinski definition) is 6. The van der Waals surface area contributed by atoms with Crippen molar-refractivity contribution in [3.05, 3.63) is 29.8 Å². The zero-order valence-electron chi connectivity index (χ0n) is 11.7. The van der Waals surface area contributed by atoms with Crippen LogP contribution in [0.4, 0.5) is 5.13 Å². The molecule has 1 aliphatic rings. The molecule has 3 N–H and O–H groups in total. The molecule has 0 aliphatic carbocycles. The zero-order chi connectivity index (χ0) is 15.7. The summed E-state index contributed by atoms with van der Waals surface area (Å²) in [6.45, 7) is 1.08. The number of carboxylic acids is 1. The highest BCUT2D eigenvalue weighted by atomic mass is 32.1. The van der Waals surface area contributed by atoms with Crippen LogP contribution < -0.4 is 10.6 Å². The van der Waals surface area contributed by atoms with E-state index < -0.39 is 17.4 Å². The van der Waals surface area contributed by atoms with E-state index in [0.717, 1.165) is 0 Å². The number of carbonyl (C=O) groups excluding carboxylic acids is 1. The van der Waals surface area contributed by atoms with Crippen LogP contribution in [0.3, 0.4) is 0 Å². The Hall–Kier alpha value is -2.42. The van der Waals surface area contributed by atoms with Crippen molar-refractivity contribution in [3.8, 4) is 0 Å². The van der Waals surface area contributed by atoms with Gasteiger partial charge in [-0.25, -0.2) is 14.8 Å². The van der Waals surface area contributed by atoms with Crippen LogP contribution in [-0.4, -0.2) is 44.6 Å². The van der Waals surface area contributed by atoms with Gasteiger partial charge in [0, 0.05) is 30.9 Å². The minimum absolute atomic E-state index is 0.240. The fourth-order valence-electron chi connectivity index (χ4n) is 2.69. The summed E-state index contributed by atoms with van der Waals surface area (Å²) in [5, 5.41) is 12.0. The van der Waals surface area contributed by atoms with E-state index in [2.05, 4.69) is 9.97 Å². The molecule has 1 amide bonds. The second-order valence-corrected chi connectivity index (χ2v) is 6.01. The molecule has 3 heterocycles. The van der Waals surface area contributed by atoms with Gasteiger partial charge in [0.25, 0.3) is 5.91 Å². The largest absolute Gasteiger partial charge is 0.479 e. The quantitative estimate of drug-likeness (QED) is 0.848. The van der Waals surface area contributed by atoms with Crippen LogP contribution >= 0.6 is 11.3 Å². The van der Waals surface area contributed by atoms with Gasteiger partial charge < -0.3 is 20.3 Å². The van der Waals surface area contributed by atoms with Gasteiger partial charge in [-0.2, -0.15) is 0 Å². The van der Waals surface area contributed by atoms with E-state index >= 15 is 0 Å². The van der Waals surface area contributed by atoms with Crippen LogP contribution in [0.5, 0.6) is 0 Å². The molecule has 9 heteroatoms. The normalized spacial score (nSPS) is 17.4. The number of nitrogens with zero attached hydrogens (tertiary/aromatic N) is 4. The fraction of sp³-hybridized carbons (Fsp3) is 0.385. The van der Waals surface area contributed by atoms with Gasteiger partial charge in [0.2, 0.25) is 0 Å². The minimum Gasteiger partial charge on any atom is -0.479 e. The monoisotopic (exact) mass is 321 g/mol. The second-order valence-electron chi connectivity index (χ2n) is 5.17. The lowest BCUT2D eigenvalue weighted by Gasteiger charge is -2.39. The number of carboxylic acid groups (broad SMARTS) is 1. The number of aliphatic carboxylic acids is 1. The number of hydrogen-bond donors (Lipinski definition) is 2. The van der Waals surface area contributed by atoms with E-state index in [-0.39, 0.29) is 5.69 Å². The van der Waals surface area contributed by atoms with Gasteiger partial charge in [0.15, 0.2) is 5.13 Å². The number of carbonyl (C=O) groups is 2. The molecule has 0 radical (unpaired) electrons. The first kappa shape index (κ1) is 14.5. The maximum atomic E-state index is 11.8. The highest BCUT2D eigenvalue weighted by Gasteiger charge is 2.43. The van der Waals surface area contributed by atoms with Crippen LogP contribution in [0.1, 0.15) is 23.3 Å². The first-order chi connectivity index (χ1) is 10.5. The lowest BCUT2D eigenvalue weighted by Crippen LogP contribution is -2.50. The Morgan fingerprint density at radius 1 is 1.36 bits per heavy atom. The van der Waals surface area contributed by atoms with Crippen LogP contribution in [0.2, 0.25) is 0 Å². The molecule has 3 rings (SSSR count). The number of aromatic nitrogens is 3. The van der Waals surface area contributed by atoms with Crippen LogP contribution in [-0.2, 0) is 10.3 Å². The standard InChI is InChI=1S/C13H15N5O3S/c14-10(19)9-7-22-12(16-9)17-4-1-13(2-5-17,11(20)21)18-6-3-15-8-18/h3,6-8H,1-2,4-5H2,(H2,14,19)(H,20,21). The molecule has 116 valence electrons. The molecule has 1 saturated heterocycles. The molecule has 1 fully saturated rings. The van der Waals surface area contributed by atoms with Gasteiger partial charge in [-0.15, -0.1) is 11.3 Å². The molecule has 22 heavy (non-hydrogen) atoms. The van der Waals surface area contributed by atoms with Crippen molar-refractivity contribution >= 4 is 28.3 Å². The van der Waals surface area contributed by atoms with Gasteiger partial charge in [0.1, 0.15) is 11.2 Å². The topological polar surface area (TPSA) is 114 Å². The number of primary amides is 1. The Kier molecular flexibility index (Phi) is 3.57. The molecule has 8 nitrogen and oxygen atoms in total. The third kappa shape index (κ3) is 2.33. The first-order valence-electron chi connectivity index (χ1n) is 6.75. The smallest absolute Gasteiger partial charge is 0.330 e.